The Morgan fingerprint density at radius 1 is 1.23 bits per heavy atom. The summed E-state index contributed by atoms with van der Waals surface area (Å²) in [7, 11) is 2.16. The van der Waals surface area contributed by atoms with Crippen LogP contribution in [0.5, 0.6) is 0 Å². The Balaban J connectivity index is 1.81. The first-order chi connectivity index (χ1) is 10.7. The third-order valence-electron chi connectivity index (χ3n) is 3.78. The highest BCUT2D eigenvalue weighted by Crippen LogP contribution is 2.12. The van der Waals surface area contributed by atoms with Crippen LogP contribution < -0.4 is 10.7 Å². The minimum Gasteiger partial charge on any atom is -0.310 e. The fourth-order valence-corrected chi connectivity index (χ4v) is 2.37. The SMILES string of the molecule is CN1CCC(NCc2ccc(NN=C(C#N)C#N)cc2)CC1. The molecule has 6 heteroatoms. The Labute approximate surface area is 131 Å². The van der Waals surface area contributed by atoms with E-state index in [0.29, 0.717) is 6.04 Å². The molecule has 114 valence electrons. The second-order valence-electron chi connectivity index (χ2n) is 5.45. The van der Waals surface area contributed by atoms with Gasteiger partial charge in [0.25, 0.3) is 0 Å². The van der Waals surface area contributed by atoms with Crippen molar-refractivity contribution in [3.63, 3.8) is 0 Å². The molecule has 0 saturated carbocycles. The lowest BCUT2D eigenvalue weighted by Gasteiger charge is -2.29. The van der Waals surface area contributed by atoms with Crippen LogP contribution in [-0.2, 0) is 6.54 Å². The summed E-state index contributed by atoms with van der Waals surface area (Å²) < 4.78 is 0. The number of likely N-dealkylation sites (tertiary alicyclic amines) is 1. The Bertz CT molecular complexity index is 569. The van der Waals surface area contributed by atoms with Crippen molar-refractivity contribution in [3.05, 3.63) is 29.8 Å². The molecule has 1 aliphatic heterocycles. The number of nitriles is 2. The van der Waals surface area contributed by atoms with Crippen LogP contribution in [0.4, 0.5) is 5.69 Å². The Hall–Kier alpha value is -2.41. The maximum Gasteiger partial charge on any atom is 0.237 e. The molecular formula is C16H20N6. The molecule has 1 saturated heterocycles. The molecule has 6 nitrogen and oxygen atoms in total. The van der Waals surface area contributed by atoms with Crippen LogP contribution in [0.3, 0.4) is 0 Å². The van der Waals surface area contributed by atoms with Gasteiger partial charge in [-0.15, -0.1) is 0 Å². The van der Waals surface area contributed by atoms with Gasteiger partial charge in [-0.25, -0.2) is 0 Å². The zero-order valence-electron chi connectivity index (χ0n) is 12.7. The molecule has 2 N–H and O–H groups in total. The number of piperidine rings is 1. The van der Waals surface area contributed by atoms with Crippen molar-refractivity contribution in [2.75, 3.05) is 25.6 Å². The Morgan fingerprint density at radius 2 is 1.86 bits per heavy atom. The monoisotopic (exact) mass is 296 g/mol. The summed E-state index contributed by atoms with van der Waals surface area (Å²) in [5.74, 6) is 0. The van der Waals surface area contributed by atoms with Gasteiger partial charge in [0.15, 0.2) is 0 Å². The number of rotatable bonds is 5. The van der Waals surface area contributed by atoms with Crippen LogP contribution in [0.15, 0.2) is 29.4 Å². The van der Waals surface area contributed by atoms with Crippen molar-refractivity contribution < 1.29 is 0 Å². The number of hydrogen-bond donors (Lipinski definition) is 2. The molecule has 0 aromatic heterocycles. The first-order valence-electron chi connectivity index (χ1n) is 7.36. The van der Waals surface area contributed by atoms with Gasteiger partial charge in [0, 0.05) is 12.6 Å². The van der Waals surface area contributed by atoms with Crippen molar-refractivity contribution in [2.24, 2.45) is 5.10 Å². The summed E-state index contributed by atoms with van der Waals surface area (Å²) >= 11 is 0. The van der Waals surface area contributed by atoms with Gasteiger partial charge < -0.3 is 10.2 Å². The van der Waals surface area contributed by atoms with Gasteiger partial charge in [-0.05, 0) is 50.7 Å². The topological polar surface area (TPSA) is 87.2 Å². The quantitative estimate of drug-likeness (QED) is 0.637. The van der Waals surface area contributed by atoms with Crippen LogP contribution >= 0.6 is 0 Å². The molecule has 0 amide bonds. The van der Waals surface area contributed by atoms with Crippen molar-refractivity contribution in [1.29, 1.82) is 10.5 Å². The number of nitrogens with zero attached hydrogens (tertiary/aromatic N) is 4. The third-order valence-corrected chi connectivity index (χ3v) is 3.78. The van der Waals surface area contributed by atoms with Crippen molar-refractivity contribution in [1.82, 2.24) is 10.2 Å². The standard InChI is InChI=1S/C16H20N6/c1-22-8-6-14(7-9-22)19-12-13-2-4-15(5-3-13)20-21-16(10-17)11-18/h2-5,14,19-20H,6-9,12H2,1H3. The van der Waals surface area contributed by atoms with Crippen LogP contribution in [0.1, 0.15) is 18.4 Å². The number of hydrazone groups is 1. The predicted molar refractivity (Wildman–Crippen MR) is 86.1 cm³/mol. The molecule has 0 radical (unpaired) electrons. The molecular weight excluding hydrogens is 276 g/mol. The average molecular weight is 296 g/mol. The van der Waals surface area contributed by atoms with Crippen molar-refractivity contribution in [2.45, 2.75) is 25.4 Å². The Kier molecular flexibility index (Phi) is 5.91. The number of hydrogen-bond acceptors (Lipinski definition) is 6. The summed E-state index contributed by atoms with van der Waals surface area (Å²) in [6.07, 6.45) is 2.38. The summed E-state index contributed by atoms with van der Waals surface area (Å²) in [5, 5.41) is 24.5. The van der Waals surface area contributed by atoms with E-state index in [2.05, 4.69) is 27.8 Å². The molecule has 22 heavy (non-hydrogen) atoms. The van der Waals surface area contributed by atoms with Gasteiger partial charge in [-0.3, -0.25) is 5.43 Å². The molecule has 0 spiro atoms. The summed E-state index contributed by atoms with van der Waals surface area (Å²) in [6, 6.07) is 11.8. The lowest BCUT2D eigenvalue weighted by molar-refractivity contribution is 0.234. The minimum absolute atomic E-state index is 0.187. The van der Waals surface area contributed by atoms with E-state index >= 15 is 0 Å². The average Bonchev–Trinajstić information content (AvgIpc) is 2.56. The predicted octanol–water partition coefficient (Wildman–Crippen LogP) is 1.69. The normalized spacial score (nSPS) is 15.6. The molecule has 0 bridgehead atoms. The van der Waals surface area contributed by atoms with E-state index < -0.39 is 0 Å². The lowest BCUT2D eigenvalue weighted by Crippen LogP contribution is -2.40. The third kappa shape index (κ3) is 4.85. The minimum atomic E-state index is -0.187. The largest absolute Gasteiger partial charge is 0.310 e. The molecule has 0 aliphatic carbocycles. The fraction of sp³-hybridized carbons (Fsp3) is 0.438. The van der Waals surface area contributed by atoms with Crippen LogP contribution in [0.2, 0.25) is 0 Å². The molecule has 1 aliphatic rings. The molecule has 0 unspecified atom stereocenters. The van der Waals surface area contributed by atoms with E-state index in [4.69, 9.17) is 10.5 Å². The van der Waals surface area contributed by atoms with E-state index in [9.17, 15) is 0 Å². The summed E-state index contributed by atoms with van der Waals surface area (Å²) in [6.45, 7) is 3.15. The van der Waals surface area contributed by atoms with Crippen molar-refractivity contribution >= 4 is 11.4 Å². The van der Waals surface area contributed by atoms with E-state index in [-0.39, 0.29) is 5.71 Å². The second kappa shape index (κ2) is 8.14. The van der Waals surface area contributed by atoms with E-state index in [1.165, 1.54) is 18.4 Å². The van der Waals surface area contributed by atoms with Gasteiger partial charge in [-0.2, -0.15) is 15.6 Å². The van der Waals surface area contributed by atoms with Crippen LogP contribution in [0, 0.1) is 22.7 Å². The molecule has 1 aromatic rings. The number of anilines is 1. The highest BCUT2D eigenvalue weighted by molar-refractivity contribution is 6.10. The number of nitrogens with one attached hydrogen (secondary N) is 2. The first kappa shape index (κ1) is 16.0. The maximum absolute atomic E-state index is 8.60. The van der Waals surface area contributed by atoms with E-state index in [0.717, 1.165) is 25.3 Å². The van der Waals surface area contributed by atoms with E-state index in [1.807, 2.05) is 24.3 Å². The summed E-state index contributed by atoms with van der Waals surface area (Å²) in [4.78, 5) is 2.36. The van der Waals surface area contributed by atoms with Gasteiger partial charge in [0.05, 0.1) is 5.69 Å². The maximum atomic E-state index is 8.60. The van der Waals surface area contributed by atoms with Crippen molar-refractivity contribution in [3.8, 4) is 12.1 Å². The summed E-state index contributed by atoms with van der Waals surface area (Å²) in [5.41, 5.74) is 4.47. The van der Waals surface area contributed by atoms with Gasteiger partial charge in [0.1, 0.15) is 12.1 Å². The molecule has 2 rings (SSSR count). The van der Waals surface area contributed by atoms with Gasteiger partial charge >= 0.3 is 0 Å². The fourth-order valence-electron chi connectivity index (χ4n) is 2.37. The zero-order chi connectivity index (χ0) is 15.8. The first-order valence-corrected chi connectivity index (χ1v) is 7.36. The molecule has 0 atom stereocenters. The number of benzene rings is 1. The smallest absolute Gasteiger partial charge is 0.237 e. The highest BCUT2D eigenvalue weighted by Gasteiger charge is 2.15. The zero-order valence-corrected chi connectivity index (χ0v) is 12.7. The van der Waals surface area contributed by atoms with Crippen LogP contribution in [-0.4, -0.2) is 36.8 Å². The Morgan fingerprint density at radius 3 is 2.45 bits per heavy atom. The molecule has 1 fully saturated rings. The molecule has 1 aromatic carbocycles. The highest BCUT2D eigenvalue weighted by atomic mass is 15.3. The molecule has 1 heterocycles. The van der Waals surface area contributed by atoms with E-state index in [1.54, 1.807) is 12.1 Å². The second-order valence-corrected chi connectivity index (χ2v) is 5.45. The van der Waals surface area contributed by atoms with Crippen LogP contribution in [0.25, 0.3) is 0 Å². The van der Waals surface area contributed by atoms with Gasteiger partial charge in [-0.1, -0.05) is 12.1 Å². The lowest BCUT2D eigenvalue weighted by atomic mass is 10.1. The van der Waals surface area contributed by atoms with Gasteiger partial charge in [0.2, 0.25) is 5.71 Å².